The van der Waals surface area contributed by atoms with E-state index in [2.05, 4.69) is 0 Å². The fraction of sp³-hybridized carbons (Fsp3) is 0.615. The molecule has 100 valence electrons. The van der Waals surface area contributed by atoms with Gasteiger partial charge in [-0.2, -0.15) is 0 Å². The molecule has 0 radical (unpaired) electrons. The van der Waals surface area contributed by atoms with Crippen LogP contribution in [0.5, 0.6) is 0 Å². The molecule has 0 bridgehead atoms. The highest BCUT2D eigenvalue weighted by molar-refractivity contribution is 7.10. The SMILES string of the molecule is CC(c1cccs1)N(C)C(=O)C1(N)CCOCC1. The van der Waals surface area contributed by atoms with Crippen molar-refractivity contribution in [2.75, 3.05) is 20.3 Å². The van der Waals surface area contributed by atoms with Crippen LogP contribution in [0.3, 0.4) is 0 Å². The summed E-state index contributed by atoms with van der Waals surface area (Å²) < 4.78 is 5.28. The Bertz CT molecular complexity index is 399. The maximum absolute atomic E-state index is 12.5. The molecule has 0 spiro atoms. The first-order valence-electron chi connectivity index (χ1n) is 6.22. The molecule has 1 aromatic rings. The number of nitrogens with two attached hydrogens (primary N) is 1. The molecule has 5 heteroatoms. The molecule has 0 saturated carbocycles. The largest absolute Gasteiger partial charge is 0.381 e. The number of hydrogen-bond acceptors (Lipinski definition) is 4. The zero-order valence-corrected chi connectivity index (χ0v) is 11.7. The van der Waals surface area contributed by atoms with E-state index in [-0.39, 0.29) is 11.9 Å². The van der Waals surface area contributed by atoms with E-state index in [0.29, 0.717) is 26.1 Å². The van der Waals surface area contributed by atoms with Crippen LogP contribution in [0, 0.1) is 0 Å². The van der Waals surface area contributed by atoms with Crippen LogP contribution >= 0.6 is 11.3 Å². The van der Waals surface area contributed by atoms with E-state index in [9.17, 15) is 4.79 Å². The molecule has 2 N–H and O–H groups in total. The molecule has 1 saturated heterocycles. The van der Waals surface area contributed by atoms with E-state index in [1.165, 1.54) is 4.88 Å². The Hall–Kier alpha value is -0.910. The quantitative estimate of drug-likeness (QED) is 0.909. The third-order valence-corrected chi connectivity index (χ3v) is 4.71. The smallest absolute Gasteiger partial charge is 0.243 e. The molecule has 1 aliphatic heterocycles. The second-order valence-electron chi connectivity index (χ2n) is 4.88. The molecule has 4 nitrogen and oxygen atoms in total. The number of carbonyl (C=O) groups excluding carboxylic acids is 1. The number of ether oxygens (including phenoxy) is 1. The second-order valence-corrected chi connectivity index (χ2v) is 5.86. The predicted molar refractivity (Wildman–Crippen MR) is 72.5 cm³/mol. The van der Waals surface area contributed by atoms with Crippen molar-refractivity contribution in [1.82, 2.24) is 4.90 Å². The lowest BCUT2D eigenvalue weighted by molar-refractivity contribution is -0.141. The summed E-state index contributed by atoms with van der Waals surface area (Å²) >= 11 is 1.66. The lowest BCUT2D eigenvalue weighted by atomic mass is 9.89. The first-order chi connectivity index (χ1) is 8.54. The van der Waals surface area contributed by atoms with Gasteiger partial charge < -0.3 is 15.4 Å². The van der Waals surface area contributed by atoms with E-state index < -0.39 is 5.54 Å². The molecule has 1 fully saturated rings. The number of rotatable bonds is 3. The highest BCUT2D eigenvalue weighted by Gasteiger charge is 2.39. The summed E-state index contributed by atoms with van der Waals surface area (Å²) in [6.07, 6.45) is 1.21. The van der Waals surface area contributed by atoms with Gasteiger partial charge in [-0.05, 0) is 31.2 Å². The van der Waals surface area contributed by atoms with Crippen molar-refractivity contribution in [2.24, 2.45) is 5.73 Å². The topological polar surface area (TPSA) is 55.6 Å². The van der Waals surface area contributed by atoms with Crippen molar-refractivity contribution in [3.05, 3.63) is 22.4 Å². The Morgan fingerprint density at radius 1 is 1.56 bits per heavy atom. The molecule has 1 aliphatic rings. The zero-order valence-electron chi connectivity index (χ0n) is 10.9. The summed E-state index contributed by atoms with van der Waals surface area (Å²) in [6.45, 7) is 3.18. The number of thiophene rings is 1. The average molecular weight is 268 g/mol. The molecule has 18 heavy (non-hydrogen) atoms. The van der Waals surface area contributed by atoms with Crippen molar-refractivity contribution in [3.63, 3.8) is 0 Å². The normalized spacial score (nSPS) is 20.4. The van der Waals surface area contributed by atoms with Crippen LogP contribution in [0.15, 0.2) is 17.5 Å². The van der Waals surface area contributed by atoms with Gasteiger partial charge in [-0.3, -0.25) is 4.79 Å². The zero-order chi connectivity index (χ0) is 13.2. The maximum atomic E-state index is 12.5. The van der Waals surface area contributed by atoms with Gasteiger partial charge in [0.15, 0.2) is 0 Å². The minimum absolute atomic E-state index is 0.0201. The van der Waals surface area contributed by atoms with Gasteiger partial charge in [0, 0.05) is 25.1 Å². The molecule has 1 amide bonds. The fourth-order valence-electron chi connectivity index (χ4n) is 2.20. The summed E-state index contributed by atoms with van der Waals surface area (Å²) in [6, 6.07) is 4.12. The minimum atomic E-state index is -0.751. The summed E-state index contributed by atoms with van der Waals surface area (Å²) in [5, 5.41) is 2.02. The third kappa shape index (κ3) is 2.58. The molecule has 2 heterocycles. The van der Waals surface area contributed by atoms with Crippen molar-refractivity contribution in [1.29, 1.82) is 0 Å². The summed E-state index contributed by atoms with van der Waals surface area (Å²) in [4.78, 5) is 15.4. The van der Waals surface area contributed by atoms with Gasteiger partial charge in [0.2, 0.25) is 5.91 Å². The number of carbonyl (C=O) groups is 1. The van der Waals surface area contributed by atoms with Gasteiger partial charge >= 0.3 is 0 Å². The van der Waals surface area contributed by atoms with E-state index in [1.54, 1.807) is 16.2 Å². The summed E-state index contributed by atoms with van der Waals surface area (Å²) in [5.74, 6) is 0.0201. The second kappa shape index (κ2) is 5.38. The van der Waals surface area contributed by atoms with Crippen LogP contribution in [0.1, 0.15) is 30.7 Å². The third-order valence-electron chi connectivity index (χ3n) is 3.67. The minimum Gasteiger partial charge on any atom is -0.381 e. The Kier molecular flexibility index (Phi) is 4.04. The van der Waals surface area contributed by atoms with E-state index in [0.717, 1.165) is 0 Å². The average Bonchev–Trinajstić information content (AvgIpc) is 2.91. The van der Waals surface area contributed by atoms with Gasteiger partial charge in [0.25, 0.3) is 0 Å². The Labute approximate surface area is 112 Å². The van der Waals surface area contributed by atoms with E-state index in [4.69, 9.17) is 10.5 Å². The lowest BCUT2D eigenvalue weighted by Gasteiger charge is -2.37. The monoisotopic (exact) mass is 268 g/mol. The fourth-order valence-corrected chi connectivity index (χ4v) is 3.02. The number of hydrogen-bond donors (Lipinski definition) is 1. The van der Waals surface area contributed by atoms with Crippen LogP contribution in [-0.2, 0) is 9.53 Å². The van der Waals surface area contributed by atoms with Crippen molar-refractivity contribution >= 4 is 17.2 Å². The number of nitrogens with zero attached hydrogens (tertiary/aromatic N) is 1. The van der Waals surface area contributed by atoms with Crippen molar-refractivity contribution < 1.29 is 9.53 Å². The lowest BCUT2D eigenvalue weighted by Crippen LogP contribution is -2.57. The number of likely N-dealkylation sites (N-methyl/N-ethyl adjacent to an activating group) is 1. The van der Waals surface area contributed by atoms with Crippen LogP contribution in [0.4, 0.5) is 0 Å². The summed E-state index contributed by atoms with van der Waals surface area (Å²) in [5.41, 5.74) is 5.48. The molecule has 0 aromatic carbocycles. The molecule has 1 unspecified atom stereocenters. The summed E-state index contributed by atoms with van der Waals surface area (Å²) in [7, 11) is 1.83. The van der Waals surface area contributed by atoms with E-state index >= 15 is 0 Å². The van der Waals surface area contributed by atoms with E-state index in [1.807, 2.05) is 31.5 Å². The van der Waals surface area contributed by atoms with Crippen LogP contribution in [0.25, 0.3) is 0 Å². The first-order valence-corrected chi connectivity index (χ1v) is 7.10. The standard InChI is InChI=1S/C13H20N2O2S/c1-10(11-4-3-9-18-11)15(2)12(16)13(14)5-7-17-8-6-13/h3-4,9-10H,5-8,14H2,1-2H3. The Morgan fingerprint density at radius 3 is 2.78 bits per heavy atom. The van der Waals surface area contributed by atoms with Gasteiger partial charge in [0.05, 0.1) is 11.6 Å². The molecular formula is C13H20N2O2S. The Balaban J connectivity index is 2.08. The van der Waals surface area contributed by atoms with Crippen LogP contribution in [0.2, 0.25) is 0 Å². The van der Waals surface area contributed by atoms with Gasteiger partial charge in [-0.25, -0.2) is 0 Å². The first kappa shape index (κ1) is 13.5. The van der Waals surface area contributed by atoms with Gasteiger partial charge in [-0.15, -0.1) is 11.3 Å². The Morgan fingerprint density at radius 2 is 2.22 bits per heavy atom. The molecule has 1 aromatic heterocycles. The molecular weight excluding hydrogens is 248 g/mol. The highest BCUT2D eigenvalue weighted by Crippen LogP contribution is 2.27. The number of amides is 1. The van der Waals surface area contributed by atoms with Gasteiger partial charge in [0.1, 0.15) is 0 Å². The molecule has 2 rings (SSSR count). The van der Waals surface area contributed by atoms with Crippen molar-refractivity contribution in [3.8, 4) is 0 Å². The highest BCUT2D eigenvalue weighted by atomic mass is 32.1. The molecule has 0 aliphatic carbocycles. The van der Waals surface area contributed by atoms with Crippen LogP contribution < -0.4 is 5.73 Å². The predicted octanol–water partition coefficient (Wildman–Crippen LogP) is 1.78. The van der Waals surface area contributed by atoms with Gasteiger partial charge in [-0.1, -0.05) is 6.07 Å². The maximum Gasteiger partial charge on any atom is 0.243 e. The van der Waals surface area contributed by atoms with Crippen molar-refractivity contribution in [2.45, 2.75) is 31.3 Å². The van der Waals surface area contributed by atoms with Crippen LogP contribution in [-0.4, -0.2) is 36.6 Å². The molecule has 1 atom stereocenters.